The molecule has 2 aromatic rings. The van der Waals surface area contributed by atoms with Crippen LogP contribution in [0.15, 0.2) is 71.1 Å². The number of hydrogen-bond donors (Lipinski definition) is 3. The summed E-state index contributed by atoms with van der Waals surface area (Å²) in [7, 11) is 1.24. The number of rotatable bonds is 16. The van der Waals surface area contributed by atoms with E-state index in [-0.39, 0.29) is 42.5 Å². The number of non-ortho nitro benzene ring substituents is 1. The number of hydrogen-bond acceptors (Lipinski definition) is 10. The zero-order chi connectivity index (χ0) is 31.4. The Balaban J connectivity index is 0.00000675. The van der Waals surface area contributed by atoms with Crippen LogP contribution in [0.3, 0.4) is 0 Å². The molecule has 0 saturated carbocycles. The molecule has 2 atom stereocenters. The highest BCUT2D eigenvalue weighted by atomic mass is 35.5. The lowest BCUT2D eigenvalue weighted by Crippen LogP contribution is -2.32. The van der Waals surface area contributed by atoms with Gasteiger partial charge < -0.3 is 30.0 Å². The van der Waals surface area contributed by atoms with Crippen molar-refractivity contribution in [3.8, 4) is 5.75 Å². The minimum Gasteiger partial charge on any atom is -0.489 e. The number of nitrogens with one attached hydrogen (secondary N) is 2. The highest BCUT2D eigenvalue weighted by Gasteiger charge is 2.38. The van der Waals surface area contributed by atoms with Gasteiger partial charge in [-0.2, -0.15) is 0 Å². The molecule has 0 aromatic heterocycles. The smallest absolute Gasteiger partial charge is 0.336 e. The van der Waals surface area contributed by atoms with Gasteiger partial charge in [-0.15, -0.1) is 12.4 Å². The number of carbonyl (C=O) groups is 2. The molecule has 0 radical (unpaired) electrons. The van der Waals surface area contributed by atoms with E-state index in [9.17, 15) is 24.8 Å². The van der Waals surface area contributed by atoms with Crippen molar-refractivity contribution in [3.63, 3.8) is 0 Å². The van der Waals surface area contributed by atoms with Gasteiger partial charge in [0.05, 0.1) is 40.7 Å². The zero-order valence-corrected chi connectivity index (χ0v) is 26.5. The van der Waals surface area contributed by atoms with Gasteiger partial charge in [0, 0.05) is 30.1 Å². The maximum absolute atomic E-state index is 13.3. The first-order valence-corrected chi connectivity index (χ1v) is 14.5. The largest absolute Gasteiger partial charge is 0.489 e. The standard InChI is InChI=1S/C31H38ClN3O8.ClH/c1-20-27(30(37)41-3)29(22-11-10-12-23(17-22)35(39)40)28(21(2)34-20)31(38)42-16-9-5-4-8-15-33-18-24(36)19-43-26-14-7-6-13-25(26)32;/h6-7,10-14,17,24,29,33-34,36H,4-5,8-9,15-16,18-19H2,1-3H3;1H. The van der Waals surface area contributed by atoms with Gasteiger partial charge >= 0.3 is 11.9 Å². The first kappa shape index (κ1) is 36.6. The van der Waals surface area contributed by atoms with Crippen molar-refractivity contribution < 1.29 is 33.8 Å². The summed E-state index contributed by atoms with van der Waals surface area (Å²) >= 11 is 6.05. The van der Waals surface area contributed by atoms with Crippen LogP contribution >= 0.6 is 24.0 Å². The Labute approximate surface area is 268 Å². The van der Waals surface area contributed by atoms with Gasteiger partial charge in [0.25, 0.3) is 5.69 Å². The van der Waals surface area contributed by atoms with E-state index in [1.54, 1.807) is 32.0 Å². The number of nitro groups is 1. The molecule has 1 heterocycles. The number of unbranched alkanes of at least 4 members (excludes halogenated alkanes) is 3. The molecule has 44 heavy (non-hydrogen) atoms. The maximum atomic E-state index is 13.3. The number of nitrogens with zero attached hydrogens (tertiary/aromatic N) is 1. The summed E-state index contributed by atoms with van der Waals surface area (Å²) < 4.78 is 16.1. The fourth-order valence-electron chi connectivity index (χ4n) is 4.82. The molecular weight excluding hydrogens is 613 g/mol. The van der Waals surface area contributed by atoms with E-state index >= 15 is 0 Å². The van der Waals surface area contributed by atoms with Crippen LogP contribution in [-0.2, 0) is 19.1 Å². The molecule has 1 aliphatic rings. The molecule has 0 aliphatic carbocycles. The summed E-state index contributed by atoms with van der Waals surface area (Å²) in [5.41, 5.74) is 1.64. The number of esters is 2. The van der Waals surface area contributed by atoms with E-state index in [2.05, 4.69) is 10.6 Å². The Morgan fingerprint density at radius 1 is 1.05 bits per heavy atom. The number of nitro benzene ring substituents is 1. The summed E-state index contributed by atoms with van der Waals surface area (Å²) in [4.78, 5) is 36.9. The zero-order valence-electron chi connectivity index (χ0n) is 25.0. The van der Waals surface area contributed by atoms with E-state index in [4.69, 9.17) is 25.8 Å². The molecule has 11 nitrogen and oxygen atoms in total. The monoisotopic (exact) mass is 651 g/mol. The average Bonchev–Trinajstić information content (AvgIpc) is 2.99. The van der Waals surface area contributed by atoms with Crippen LogP contribution in [0, 0.1) is 10.1 Å². The SMILES string of the molecule is COC(=O)C1=C(C)NC(C)=C(C(=O)OCCCCCCNCC(O)COc2ccccc2Cl)C1c1cccc([N+](=O)[O-])c1.Cl. The van der Waals surface area contributed by atoms with Crippen molar-refractivity contribution in [1.29, 1.82) is 0 Å². The number of aliphatic hydroxyl groups excluding tert-OH is 1. The molecule has 3 rings (SSSR count). The molecule has 1 aliphatic heterocycles. The first-order chi connectivity index (χ1) is 20.6. The topological polar surface area (TPSA) is 149 Å². The van der Waals surface area contributed by atoms with E-state index in [1.165, 1.54) is 25.3 Å². The molecule has 240 valence electrons. The third-order valence-electron chi connectivity index (χ3n) is 6.93. The van der Waals surface area contributed by atoms with Gasteiger partial charge in [-0.25, -0.2) is 9.59 Å². The molecule has 0 fully saturated rings. The quantitative estimate of drug-likeness (QED) is 0.0955. The molecule has 3 N–H and O–H groups in total. The highest BCUT2D eigenvalue weighted by Crippen LogP contribution is 2.40. The van der Waals surface area contributed by atoms with Crippen molar-refractivity contribution in [3.05, 3.63) is 91.8 Å². The van der Waals surface area contributed by atoms with Crippen LogP contribution in [0.4, 0.5) is 5.69 Å². The van der Waals surface area contributed by atoms with Crippen LogP contribution in [0.1, 0.15) is 51.0 Å². The molecule has 0 bridgehead atoms. The van der Waals surface area contributed by atoms with Crippen LogP contribution < -0.4 is 15.4 Å². The van der Waals surface area contributed by atoms with Crippen LogP contribution in [0.5, 0.6) is 5.75 Å². The predicted molar refractivity (Wildman–Crippen MR) is 169 cm³/mol. The second-order valence-corrected chi connectivity index (χ2v) is 10.5. The number of ether oxygens (including phenoxy) is 3. The Morgan fingerprint density at radius 2 is 1.73 bits per heavy atom. The molecular formula is C31H39Cl2N3O8. The molecule has 0 amide bonds. The second kappa shape index (κ2) is 18.2. The first-order valence-electron chi connectivity index (χ1n) is 14.1. The number of aliphatic hydroxyl groups is 1. The lowest BCUT2D eigenvalue weighted by Gasteiger charge is -2.30. The molecule has 0 saturated heterocycles. The number of carbonyl (C=O) groups excluding carboxylic acids is 2. The van der Waals surface area contributed by atoms with Gasteiger partial charge in [0.2, 0.25) is 0 Å². The summed E-state index contributed by atoms with van der Waals surface area (Å²) in [5.74, 6) is -1.61. The Bertz CT molecular complexity index is 1360. The average molecular weight is 653 g/mol. The number of para-hydroxylation sites is 1. The maximum Gasteiger partial charge on any atom is 0.336 e. The van der Waals surface area contributed by atoms with Crippen molar-refractivity contribution in [2.24, 2.45) is 0 Å². The van der Waals surface area contributed by atoms with Crippen molar-refractivity contribution in [2.45, 2.75) is 51.6 Å². The van der Waals surface area contributed by atoms with Crippen molar-refractivity contribution >= 4 is 41.6 Å². The van der Waals surface area contributed by atoms with Gasteiger partial charge in [0.15, 0.2) is 0 Å². The number of allylic oxidation sites excluding steroid dienone is 2. The fraction of sp³-hybridized carbons (Fsp3) is 0.419. The summed E-state index contributed by atoms with van der Waals surface area (Å²) in [5, 5.41) is 28.3. The van der Waals surface area contributed by atoms with E-state index in [0.717, 1.165) is 19.3 Å². The summed E-state index contributed by atoms with van der Waals surface area (Å²) in [6, 6.07) is 13.0. The van der Waals surface area contributed by atoms with E-state index in [1.807, 2.05) is 12.1 Å². The second-order valence-electron chi connectivity index (χ2n) is 10.1. The van der Waals surface area contributed by atoms with Gasteiger partial charge in [-0.05, 0) is 50.9 Å². The third-order valence-corrected chi connectivity index (χ3v) is 7.24. The number of dihydropyridines is 1. The highest BCUT2D eigenvalue weighted by molar-refractivity contribution is 6.32. The van der Waals surface area contributed by atoms with Gasteiger partial charge in [-0.1, -0.05) is 48.7 Å². The van der Waals surface area contributed by atoms with Gasteiger partial charge in [0.1, 0.15) is 18.5 Å². The van der Waals surface area contributed by atoms with E-state index in [0.29, 0.717) is 47.2 Å². The van der Waals surface area contributed by atoms with Crippen LogP contribution in [0.2, 0.25) is 5.02 Å². The lowest BCUT2D eigenvalue weighted by molar-refractivity contribution is -0.384. The minimum absolute atomic E-state index is 0. The van der Waals surface area contributed by atoms with Crippen LogP contribution in [-0.4, -0.2) is 61.5 Å². The molecule has 13 heteroatoms. The summed E-state index contributed by atoms with van der Waals surface area (Å²) in [6.07, 6.45) is 2.56. The van der Waals surface area contributed by atoms with Crippen LogP contribution in [0.25, 0.3) is 0 Å². The Hall–Kier alpha value is -3.64. The fourth-order valence-corrected chi connectivity index (χ4v) is 5.01. The van der Waals surface area contributed by atoms with Crippen molar-refractivity contribution in [1.82, 2.24) is 10.6 Å². The Kier molecular flexibility index (Phi) is 15.1. The predicted octanol–water partition coefficient (Wildman–Crippen LogP) is 5.21. The van der Waals surface area contributed by atoms with Crippen molar-refractivity contribution in [2.75, 3.05) is 33.4 Å². The lowest BCUT2D eigenvalue weighted by atomic mass is 9.80. The van der Waals surface area contributed by atoms with E-state index < -0.39 is 28.9 Å². The number of halogens is 2. The number of benzene rings is 2. The normalized spacial score (nSPS) is 15.2. The molecule has 2 aromatic carbocycles. The summed E-state index contributed by atoms with van der Waals surface area (Å²) in [6.45, 7) is 4.80. The molecule has 2 unspecified atom stereocenters. The number of methoxy groups -OCH3 is 1. The van der Waals surface area contributed by atoms with Gasteiger partial charge in [-0.3, -0.25) is 10.1 Å². The Morgan fingerprint density at radius 3 is 2.41 bits per heavy atom. The third kappa shape index (κ3) is 10.2. The molecule has 0 spiro atoms. The minimum atomic E-state index is -0.891.